The van der Waals surface area contributed by atoms with E-state index in [4.69, 9.17) is 15.7 Å². The zero-order valence-corrected chi connectivity index (χ0v) is 6.55. The largest absolute Gasteiger partial charge is 0.504 e. The molecule has 0 saturated heterocycles. The van der Waals surface area contributed by atoms with Crippen molar-refractivity contribution < 1.29 is 15.3 Å². The third kappa shape index (κ3) is 1.74. The highest BCUT2D eigenvalue weighted by Crippen LogP contribution is 2.37. The van der Waals surface area contributed by atoms with Gasteiger partial charge >= 0.3 is 0 Å². The molecular formula is C7H7N3O3. The Balaban J connectivity index is 3.10. The molecule has 13 heavy (non-hydrogen) atoms. The number of hydrogen-bond acceptors (Lipinski definition) is 4. The Morgan fingerprint density at radius 1 is 1.23 bits per heavy atom. The summed E-state index contributed by atoms with van der Waals surface area (Å²) in [5.41, 5.74) is 8.26. The number of nitrogens with zero attached hydrogens (tertiary/aromatic N) is 3. The van der Waals surface area contributed by atoms with E-state index in [0.717, 1.165) is 0 Å². The molecule has 0 aromatic heterocycles. The summed E-state index contributed by atoms with van der Waals surface area (Å²) in [6.45, 7) is -0.0732. The Bertz CT molecular complexity index is 371. The summed E-state index contributed by atoms with van der Waals surface area (Å²) >= 11 is 0. The van der Waals surface area contributed by atoms with Crippen molar-refractivity contribution in [2.24, 2.45) is 5.11 Å². The SMILES string of the molecule is [N-]=[N+]=NCc1ccc(O)c(O)c1O. The molecule has 0 amide bonds. The van der Waals surface area contributed by atoms with Crippen molar-refractivity contribution in [2.45, 2.75) is 6.54 Å². The summed E-state index contributed by atoms with van der Waals surface area (Å²) in [5.74, 6) is -1.49. The van der Waals surface area contributed by atoms with Gasteiger partial charge in [-0.3, -0.25) is 0 Å². The van der Waals surface area contributed by atoms with Crippen LogP contribution in [0.25, 0.3) is 10.4 Å². The number of rotatable bonds is 2. The van der Waals surface area contributed by atoms with Crippen LogP contribution in [-0.4, -0.2) is 15.3 Å². The highest BCUT2D eigenvalue weighted by atomic mass is 16.3. The predicted octanol–water partition coefficient (Wildman–Crippen LogP) is 1.61. The van der Waals surface area contributed by atoms with Gasteiger partial charge in [0.05, 0.1) is 6.54 Å². The molecule has 0 spiro atoms. The van der Waals surface area contributed by atoms with Crippen LogP contribution >= 0.6 is 0 Å². The summed E-state index contributed by atoms with van der Waals surface area (Å²) in [4.78, 5) is 2.49. The Hall–Kier alpha value is -2.07. The number of phenolic OH excluding ortho intramolecular Hbond substituents is 3. The smallest absolute Gasteiger partial charge is 0.200 e. The lowest BCUT2D eigenvalue weighted by Crippen LogP contribution is -1.82. The Labute approximate surface area is 73.3 Å². The molecular weight excluding hydrogens is 174 g/mol. The topological polar surface area (TPSA) is 109 Å². The normalized spacial score (nSPS) is 9.23. The fraction of sp³-hybridized carbons (Fsp3) is 0.143. The zero-order valence-electron chi connectivity index (χ0n) is 6.55. The van der Waals surface area contributed by atoms with E-state index >= 15 is 0 Å². The van der Waals surface area contributed by atoms with Gasteiger partial charge in [-0.05, 0) is 11.6 Å². The summed E-state index contributed by atoms with van der Waals surface area (Å²) in [6, 6.07) is 2.57. The maximum Gasteiger partial charge on any atom is 0.200 e. The second-order valence-electron chi connectivity index (χ2n) is 2.33. The molecule has 0 atom stereocenters. The molecule has 0 bridgehead atoms. The van der Waals surface area contributed by atoms with E-state index in [9.17, 15) is 5.11 Å². The minimum atomic E-state index is -0.606. The van der Waals surface area contributed by atoms with E-state index in [1.165, 1.54) is 12.1 Å². The molecule has 6 nitrogen and oxygen atoms in total. The van der Waals surface area contributed by atoms with Crippen LogP contribution in [-0.2, 0) is 6.54 Å². The maximum absolute atomic E-state index is 9.21. The molecule has 0 radical (unpaired) electrons. The first-order chi connectivity index (χ1) is 6.16. The van der Waals surface area contributed by atoms with Crippen LogP contribution < -0.4 is 0 Å². The van der Waals surface area contributed by atoms with Crippen LogP contribution in [0.15, 0.2) is 17.2 Å². The average molecular weight is 181 g/mol. The van der Waals surface area contributed by atoms with Crippen LogP contribution in [0.4, 0.5) is 0 Å². The number of hydrogen-bond donors (Lipinski definition) is 3. The third-order valence-corrected chi connectivity index (χ3v) is 1.52. The fourth-order valence-corrected chi connectivity index (χ4v) is 0.846. The molecule has 0 fully saturated rings. The van der Waals surface area contributed by atoms with Gasteiger partial charge in [-0.1, -0.05) is 11.2 Å². The van der Waals surface area contributed by atoms with E-state index in [1.54, 1.807) is 0 Å². The van der Waals surface area contributed by atoms with Gasteiger partial charge in [-0.25, -0.2) is 0 Å². The van der Waals surface area contributed by atoms with Gasteiger partial charge < -0.3 is 15.3 Å². The minimum Gasteiger partial charge on any atom is -0.504 e. The first-order valence-electron chi connectivity index (χ1n) is 3.40. The van der Waals surface area contributed by atoms with Crippen molar-refractivity contribution in [3.63, 3.8) is 0 Å². The molecule has 0 unspecified atom stereocenters. The summed E-state index contributed by atoms with van der Waals surface area (Å²) in [7, 11) is 0. The summed E-state index contributed by atoms with van der Waals surface area (Å²) in [5, 5.41) is 30.4. The number of aromatic hydroxyl groups is 3. The van der Waals surface area contributed by atoms with Crippen LogP contribution in [0.2, 0.25) is 0 Å². The zero-order chi connectivity index (χ0) is 9.84. The molecule has 0 aliphatic rings. The van der Waals surface area contributed by atoms with Crippen molar-refractivity contribution in [3.05, 3.63) is 28.1 Å². The first kappa shape index (κ1) is 9.02. The molecule has 0 heterocycles. The van der Waals surface area contributed by atoms with Crippen LogP contribution in [0.3, 0.4) is 0 Å². The molecule has 1 aromatic carbocycles. The molecule has 1 rings (SSSR count). The van der Waals surface area contributed by atoms with Gasteiger partial charge in [0.25, 0.3) is 0 Å². The van der Waals surface area contributed by atoms with Gasteiger partial charge in [0.15, 0.2) is 11.5 Å². The number of benzene rings is 1. The van der Waals surface area contributed by atoms with E-state index in [-0.39, 0.29) is 12.1 Å². The van der Waals surface area contributed by atoms with Crippen molar-refractivity contribution >= 4 is 0 Å². The van der Waals surface area contributed by atoms with E-state index in [2.05, 4.69) is 10.0 Å². The van der Waals surface area contributed by atoms with Gasteiger partial charge in [-0.2, -0.15) is 0 Å². The fourth-order valence-electron chi connectivity index (χ4n) is 0.846. The van der Waals surface area contributed by atoms with Gasteiger partial charge in [0.2, 0.25) is 5.75 Å². The van der Waals surface area contributed by atoms with Crippen molar-refractivity contribution in [2.75, 3.05) is 0 Å². The number of azide groups is 1. The van der Waals surface area contributed by atoms with Crippen molar-refractivity contribution in [1.82, 2.24) is 0 Å². The molecule has 3 N–H and O–H groups in total. The Kier molecular flexibility index (Phi) is 2.47. The summed E-state index contributed by atoms with van der Waals surface area (Å²) < 4.78 is 0. The van der Waals surface area contributed by atoms with E-state index in [1.807, 2.05) is 0 Å². The standard InChI is InChI=1S/C7H7N3O3/c8-10-9-3-4-1-2-5(11)7(13)6(4)12/h1-2,11-13H,3H2. The van der Waals surface area contributed by atoms with Crippen molar-refractivity contribution in [1.29, 1.82) is 0 Å². The minimum absolute atomic E-state index is 0.0732. The number of phenols is 3. The van der Waals surface area contributed by atoms with Crippen LogP contribution in [0, 0.1) is 0 Å². The summed E-state index contributed by atoms with van der Waals surface area (Å²) in [6.07, 6.45) is 0. The molecule has 0 saturated carbocycles. The molecule has 6 heteroatoms. The molecule has 1 aromatic rings. The second kappa shape index (κ2) is 3.55. The highest BCUT2D eigenvalue weighted by Gasteiger charge is 2.09. The van der Waals surface area contributed by atoms with Crippen LogP contribution in [0.5, 0.6) is 17.2 Å². The Morgan fingerprint density at radius 3 is 2.54 bits per heavy atom. The lowest BCUT2D eigenvalue weighted by molar-refractivity contribution is 0.365. The van der Waals surface area contributed by atoms with E-state index < -0.39 is 17.2 Å². The Morgan fingerprint density at radius 2 is 1.92 bits per heavy atom. The maximum atomic E-state index is 9.21. The average Bonchev–Trinajstić information content (AvgIpc) is 2.13. The molecule has 0 aliphatic carbocycles. The lowest BCUT2D eigenvalue weighted by Gasteiger charge is -2.04. The van der Waals surface area contributed by atoms with Gasteiger partial charge in [0.1, 0.15) is 0 Å². The molecule has 68 valence electrons. The quantitative estimate of drug-likeness (QED) is 0.279. The highest BCUT2D eigenvalue weighted by molar-refractivity contribution is 5.52. The van der Waals surface area contributed by atoms with Crippen LogP contribution in [0.1, 0.15) is 5.56 Å². The lowest BCUT2D eigenvalue weighted by atomic mass is 10.2. The van der Waals surface area contributed by atoms with Crippen molar-refractivity contribution in [3.8, 4) is 17.2 Å². The van der Waals surface area contributed by atoms with E-state index in [0.29, 0.717) is 0 Å². The van der Waals surface area contributed by atoms with Gasteiger partial charge in [0, 0.05) is 10.5 Å². The second-order valence-corrected chi connectivity index (χ2v) is 2.33. The third-order valence-electron chi connectivity index (χ3n) is 1.52. The first-order valence-corrected chi connectivity index (χ1v) is 3.40. The monoisotopic (exact) mass is 181 g/mol. The predicted molar refractivity (Wildman–Crippen MR) is 44.3 cm³/mol. The van der Waals surface area contributed by atoms with Gasteiger partial charge in [-0.15, -0.1) is 0 Å². The molecule has 0 aliphatic heterocycles.